The zero-order chi connectivity index (χ0) is 21.8. The van der Waals surface area contributed by atoms with E-state index in [0.29, 0.717) is 49.1 Å². The van der Waals surface area contributed by atoms with Crippen molar-refractivity contribution in [1.29, 1.82) is 0 Å². The minimum Gasteiger partial charge on any atom is -0.457 e. The van der Waals surface area contributed by atoms with E-state index in [9.17, 15) is 18.0 Å². The molecule has 1 aromatic heterocycles. The number of alkyl halides is 3. The molecule has 0 unspecified atom stereocenters. The monoisotopic (exact) mass is 427 g/mol. The Bertz CT molecular complexity index is 1030. The number of hydrogen-bond acceptors (Lipinski definition) is 4. The number of rotatable bonds is 4. The van der Waals surface area contributed by atoms with E-state index in [1.807, 2.05) is 41.3 Å². The molecule has 5 nitrogen and oxygen atoms in total. The van der Waals surface area contributed by atoms with Crippen LogP contribution < -0.4 is 9.64 Å². The predicted molar refractivity (Wildman–Crippen MR) is 110 cm³/mol. The van der Waals surface area contributed by atoms with Crippen LogP contribution in [0.2, 0.25) is 0 Å². The molecule has 0 N–H and O–H groups in total. The van der Waals surface area contributed by atoms with Crippen LogP contribution in [0.3, 0.4) is 0 Å². The minimum absolute atomic E-state index is 0.147. The van der Waals surface area contributed by atoms with Crippen LogP contribution in [-0.4, -0.2) is 42.0 Å². The van der Waals surface area contributed by atoms with Gasteiger partial charge in [-0.05, 0) is 36.4 Å². The van der Waals surface area contributed by atoms with E-state index >= 15 is 0 Å². The summed E-state index contributed by atoms with van der Waals surface area (Å²) in [5.74, 6) is 1.44. The molecule has 31 heavy (non-hydrogen) atoms. The summed E-state index contributed by atoms with van der Waals surface area (Å²) in [6.07, 6.45) is -3.57. The molecule has 160 valence electrons. The summed E-state index contributed by atoms with van der Waals surface area (Å²) in [5.41, 5.74) is -0.312. The second kappa shape index (κ2) is 8.67. The highest BCUT2D eigenvalue weighted by Gasteiger charge is 2.31. The first-order valence-corrected chi connectivity index (χ1v) is 9.81. The van der Waals surface area contributed by atoms with Crippen molar-refractivity contribution in [3.8, 4) is 11.5 Å². The molecule has 1 fully saturated rings. The molecule has 1 amide bonds. The first-order chi connectivity index (χ1) is 14.9. The van der Waals surface area contributed by atoms with Crippen LogP contribution in [0.5, 0.6) is 11.5 Å². The Labute approximate surface area is 177 Å². The lowest BCUT2D eigenvalue weighted by molar-refractivity contribution is -0.137. The lowest BCUT2D eigenvalue weighted by atomic mass is 10.1. The van der Waals surface area contributed by atoms with Crippen molar-refractivity contribution in [2.75, 3.05) is 31.1 Å². The second-order valence-corrected chi connectivity index (χ2v) is 7.09. The van der Waals surface area contributed by atoms with Crippen LogP contribution in [0.25, 0.3) is 0 Å². The van der Waals surface area contributed by atoms with Gasteiger partial charge in [0.05, 0.1) is 11.1 Å². The van der Waals surface area contributed by atoms with E-state index in [4.69, 9.17) is 4.74 Å². The van der Waals surface area contributed by atoms with Gasteiger partial charge in [0.15, 0.2) is 0 Å². The Morgan fingerprint density at radius 1 is 0.871 bits per heavy atom. The number of aromatic nitrogens is 1. The van der Waals surface area contributed by atoms with Crippen LogP contribution in [0, 0.1) is 0 Å². The van der Waals surface area contributed by atoms with Crippen LogP contribution in [0.1, 0.15) is 15.9 Å². The molecule has 1 aliphatic heterocycles. The number of halogens is 3. The van der Waals surface area contributed by atoms with Gasteiger partial charge in [-0.1, -0.05) is 30.3 Å². The first kappa shape index (κ1) is 20.7. The molecule has 8 heteroatoms. The first-order valence-electron chi connectivity index (χ1n) is 9.81. The summed E-state index contributed by atoms with van der Waals surface area (Å²) >= 11 is 0. The van der Waals surface area contributed by atoms with Crippen LogP contribution in [-0.2, 0) is 6.18 Å². The van der Waals surface area contributed by atoms with Crippen molar-refractivity contribution in [3.63, 3.8) is 0 Å². The van der Waals surface area contributed by atoms with Gasteiger partial charge in [0.2, 0.25) is 0 Å². The number of amides is 1. The number of para-hydroxylation sites is 2. The third-order valence-electron chi connectivity index (χ3n) is 5.05. The molecular formula is C23H20F3N3O2. The fourth-order valence-electron chi connectivity index (χ4n) is 3.40. The average molecular weight is 427 g/mol. The lowest BCUT2D eigenvalue weighted by Crippen LogP contribution is -2.49. The average Bonchev–Trinajstić information content (AvgIpc) is 2.79. The highest BCUT2D eigenvalue weighted by atomic mass is 19.4. The number of carbonyl (C=O) groups is 1. The topological polar surface area (TPSA) is 45.7 Å². The quantitative estimate of drug-likeness (QED) is 0.597. The Kier molecular flexibility index (Phi) is 5.79. The third-order valence-corrected chi connectivity index (χ3v) is 5.05. The smallest absolute Gasteiger partial charge is 0.417 e. The Balaban J connectivity index is 1.42. The molecule has 1 saturated heterocycles. The number of piperazine rings is 1. The fraction of sp³-hybridized carbons (Fsp3) is 0.217. The number of pyridine rings is 1. The number of benzene rings is 2. The maximum atomic E-state index is 13.1. The maximum absolute atomic E-state index is 13.1. The molecule has 0 saturated carbocycles. The van der Waals surface area contributed by atoms with Gasteiger partial charge in [0.1, 0.15) is 17.3 Å². The standard InChI is InChI=1S/C23H20F3N3O2/c24-23(25,26)17-10-11-21(27-16-17)28-12-14-29(15-13-28)22(30)19-8-4-5-9-20(19)31-18-6-2-1-3-7-18/h1-11,16H,12-15H2. The van der Waals surface area contributed by atoms with Crippen molar-refractivity contribution in [2.45, 2.75) is 6.18 Å². The van der Waals surface area contributed by atoms with Gasteiger partial charge in [0, 0.05) is 32.4 Å². The largest absolute Gasteiger partial charge is 0.457 e. The highest BCUT2D eigenvalue weighted by molar-refractivity contribution is 5.97. The van der Waals surface area contributed by atoms with Gasteiger partial charge in [-0.3, -0.25) is 4.79 Å². The van der Waals surface area contributed by atoms with Crippen molar-refractivity contribution in [3.05, 3.63) is 84.1 Å². The second-order valence-electron chi connectivity index (χ2n) is 7.09. The summed E-state index contributed by atoms with van der Waals surface area (Å²) in [6, 6.07) is 18.7. The molecule has 3 aromatic rings. The van der Waals surface area contributed by atoms with Gasteiger partial charge in [-0.15, -0.1) is 0 Å². The molecule has 0 spiro atoms. The zero-order valence-corrected chi connectivity index (χ0v) is 16.5. The predicted octanol–water partition coefficient (Wildman–Crippen LogP) is 4.86. The number of carbonyl (C=O) groups excluding carboxylic acids is 1. The van der Waals surface area contributed by atoms with Gasteiger partial charge < -0.3 is 14.5 Å². The summed E-state index contributed by atoms with van der Waals surface area (Å²) in [6.45, 7) is 1.82. The summed E-state index contributed by atoms with van der Waals surface area (Å²) < 4.78 is 44.1. The minimum atomic E-state index is -4.41. The van der Waals surface area contributed by atoms with Crippen LogP contribution >= 0.6 is 0 Å². The van der Waals surface area contributed by atoms with Gasteiger partial charge in [0.25, 0.3) is 5.91 Å². The molecule has 4 rings (SSSR count). The molecule has 0 radical (unpaired) electrons. The molecule has 2 heterocycles. The summed E-state index contributed by atoms with van der Waals surface area (Å²) in [5, 5.41) is 0. The van der Waals surface area contributed by atoms with Crippen molar-refractivity contribution in [2.24, 2.45) is 0 Å². The normalized spacial score (nSPS) is 14.4. The van der Waals surface area contributed by atoms with E-state index in [2.05, 4.69) is 4.98 Å². The molecule has 0 bridgehead atoms. The van der Waals surface area contributed by atoms with Crippen LogP contribution in [0.15, 0.2) is 72.9 Å². The number of ether oxygens (including phenoxy) is 1. The maximum Gasteiger partial charge on any atom is 0.417 e. The lowest BCUT2D eigenvalue weighted by Gasteiger charge is -2.35. The Morgan fingerprint density at radius 2 is 1.55 bits per heavy atom. The fourth-order valence-corrected chi connectivity index (χ4v) is 3.40. The van der Waals surface area contributed by atoms with Gasteiger partial charge in [-0.2, -0.15) is 13.2 Å². The Hall–Kier alpha value is -3.55. The van der Waals surface area contributed by atoms with Gasteiger partial charge >= 0.3 is 6.18 Å². The molecule has 0 atom stereocenters. The highest BCUT2D eigenvalue weighted by Crippen LogP contribution is 2.30. The summed E-state index contributed by atoms with van der Waals surface area (Å²) in [4.78, 5) is 20.6. The SMILES string of the molecule is O=C(c1ccccc1Oc1ccccc1)N1CCN(c2ccc(C(F)(F)F)cn2)CC1. The number of nitrogens with zero attached hydrogens (tertiary/aromatic N) is 3. The number of hydrogen-bond donors (Lipinski definition) is 0. The van der Waals surface area contributed by atoms with Gasteiger partial charge in [-0.25, -0.2) is 4.98 Å². The molecule has 2 aromatic carbocycles. The van der Waals surface area contributed by atoms with E-state index in [-0.39, 0.29) is 5.91 Å². The molecule has 0 aliphatic carbocycles. The van der Waals surface area contributed by atoms with E-state index < -0.39 is 11.7 Å². The zero-order valence-electron chi connectivity index (χ0n) is 16.5. The molecular weight excluding hydrogens is 407 g/mol. The van der Waals surface area contributed by atoms with E-state index in [1.165, 1.54) is 6.07 Å². The van der Waals surface area contributed by atoms with Crippen molar-refractivity contribution >= 4 is 11.7 Å². The summed E-state index contributed by atoms with van der Waals surface area (Å²) in [7, 11) is 0. The third kappa shape index (κ3) is 4.79. The van der Waals surface area contributed by atoms with Crippen LogP contribution in [0.4, 0.5) is 19.0 Å². The van der Waals surface area contributed by atoms with Crippen molar-refractivity contribution < 1.29 is 22.7 Å². The molecule has 1 aliphatic rings. The van der Waals surface area contributed by atoms with Crippen molar-refractivity contribution in [1.82, 2.24) is 9.88 Å². The van der Waals surface area contributed by atoms with E-state index in [0.717, 1.165) is 12.3 Å². The van der Waals surface area contributed by atoms with E-state index in [1.54, 1.807) is 23.1 Å². The number of anilines is 1. The Morgan fingerprint density at radius 3 is 2.19 bits per heavy atom.